The lowest BCUT2D eigenvalue weighted by molar-refractivity contribution is 0.418. The van der Waals surface area contributed by atoms with Crippen LogP contribution in [0.25, 0.3) is 11.0 Å². The maximum absolute atomic E-state index is 5.62. The van der Waals surface area contributed by atoms with Crippen molar-refractivity contribution < 1.29 is 9.26 Å². The zero-order valence-corrected chi connectivity index (χ0v) is 8.07. The Kier molecular flexibility index (Phi) is 2.07. The van der Waals surface area contributed by atoms with Crippen molar-refractivity contribution in [3.63, 3.8) is 0 Å². The van der Waals surface area contributed by atoms with E-state index < -0.39 is 0 Å². The number of ether oxygens (including phenoxy) is 1. The SMILES string of the molecule is C[B]c1cc2onc(N)c2cc1OC. The summed E-state index contributed by atoms with van der Waals surface area (Å²) < 4.78 is 10.3. The second kappa shape index (κ2) is 3.25. The number of methoxy groups -OCH3 is 1. The van der Waals surface area contributed by atoms with Crippen LogP contribution in [0.2, 0.25) is 6.82 Å². The van der Waals surface area contributed by atoms with Gasteiger partial charge < -0.3 is 15.0 Å². The van der Waals surface area contributed by atoms with Crippen LogP contribution in [0, 0.1) is 0 Å². The molecule has 0 spiro atoms. The molecule has 0 aliphatic carbocycles. The Balaban J connectivity index is 2.71. The van der Waals surface area contributed by atoms with Crippen molar-refractivity contribution in [2.75, 3.05) is 12.8 Å². The highest BCUT2D eigenvalue weighted by Gasteiger charge is 2.10. The molecule has 0 atom stereocenters. The highest BCUT2D eigenvalue weighted by atomic mass is 16.5. The van der Waals surface area contributed by atoms with Crippen LogP contribution in [-0.4, -0.2) is 19.5 Å². The van der Waals surface area contributed by atoms with Crippen LogP contribution in [0.5, 0.6) is 5.75 Å². The summed E-state index contributed by atoms with van der Waals surface area (Å²) in [4.78, 5) is 0. The molecule has 14 heavy (non-hydrogen) atoms. The first-order valence-corrected chi connectivity index (χ1v) is 4.28. The number of nitrogens with two attached hydrogens (primary N) is 1. The second-order valence-corrected chi connectivity index (χ2v) is 2.95. The van der Waals surface area contributed by atoms with Crippen molar-refractivity contribution >= 4 is 29.5 Å². The molecule has 4 nitrogen and oxygen atoms in total. The van der Waals surface area contributed by atoms with Gasteiger partial charge in [0.15, 0.2) is 18.7 Å². The number of nitrogen functional groups attached to an aromatic ring is 1. The second-order valence-electron chi connectivity index (χ2n) is 2.95. The van der Waals surface area contributed by atoms with Crippen molar-refractivity contribution in [2.45, 2.75) is 6.82 Å². The lowest BCUT2D eigenvalue weighted by Crippen LogP contribution is -2.13. The minimum Gasteiger partial charge on any atom is -0.497 e. The predicted octanol–water partition coefficient (Wildman–Crippen LogP) is 0.796. The van der Waals surface area contributed by atoms with Gasteiger partial charge in [-0.15, -0.1) is 0 Å². The van der Waals surface area contributed by atoms with E-state index in [1.54, 1.807) is 7.11 Å². The number of aromatic nitrogens is 1. The minimum absolute atomic E-state index is 0.390. The van der Waals surface area contributed by atoms with Crippen molar-refractivity contribution in [1.29, 1.82) is 0 Å². The molecule has 71 valence electrons. The van der Waals surface area contributed by atoms with Gasteiger partial charge in [-0.05, 0) is 17.6 Å². The van der Waals surface area contributed by atoms with E-state index in [9.17, 15) is 0 Å². The van der Waals surface area contributed by atoms with Crippen molar-refractivity contribution in [3.05, 3.63) is 12.1 Å². The zero-order chi connectivity index (χ0) is 10.1. The third-order valence-corrected chi connectivity index (χ3v) is 2.16. The number of rotatable bonds is 2. The summed E-state index contributed by atoms with van der Waals surface area (Å²) in [6.07, 6.45) is 0. The summed E-state index contributed by atoms with van der Waals surface area (Å²) in [5.74, 6) is 1.16. The first-order chi connectivity index (χ1) is 6.76. The van der Waals surface area contributed by atoms with Gasteiger partial charge >= 0.3 is 0 Å². The minimum atomic E-state index is 0.390. The average Bonchev–Trinajstić information content (AvgIpc) is 2.58. The Hall–Kier alpha value is -1.65. The fourth-order valence-corrected chi connectivity index (χ4v) is 1.40. The number of benzene rings is 1. The first kappa shape index (κ1) is 8.93. The lowest BCUT2D eigenvalue weighted by atomic mass is 9.72. The van der Waals surface area contributed by atoms with Crippen LogP contribution in [0.15, 0.2) is 16.7 Å². The molecule has 0 unspecified atom stereocenters. The van der Waals surface area contributed by atoms with Gasteiger partial charge in [-0.25, -0.2) is 0 Å². The molecule has 1 heterocycles. The van der Waals surface area contributed by atoms with E-state index in [-0.39, 0.29) is 0 Å². The van der Waals surface area contributed by atoms with Crippen LogP contribution in [0.3, 0.4) is 0 Å². The average molecular weight is 189 g/mol. The third-order valence-electron chi connectivity index (χ3n) is 2.16. The largest absolute Gasteiger partial charge is 0.497 e. The molecule has 0 bridgehead atoms. The Morgan fingerprint density at radius 2 is 2.29 bits per heavy atom. The molecule has 0 aliphatic rings. The van der Waals surface area contributed by atoms with Crippen LogP contribution in [0.1, 0.15) is 0 Å². The van der Waals surface area contributed by atoms with Gasteiger partial charge in [0.2, 0.25) is 0 Å². The van der Waals surface area contributed by atoms with Gasteiger partial charge in [0, 0.05) is 0 Å². The predicted molar refractivity (Wildman–Crippen MR) is 56.2 cm³/mol. The summed E-state index contributed by atoms with van der Waals surface area (Å²) in [5.41, 5.74) is 7.27. The van der Waals surface area contributed by atoms with E-state index in [1.165, 1.54) is 0 Å². The van der Waals surface area contributed by atoms with Crippen LogP contribution in [0.4, 0.5) is 5.82 Å². The monoisotopic (exact) mass is 189 g/mol. The first-order valence-electron chi connectivity index (χ1n) is 4.28. The van der Waals surface area contributed by atoms with E-state index in [4.69, 9.17) is 15.0 Å². The fourth-order valence-electron chi connectivity index (χ4n) is 1.40. The number of hydrogen-bond donors (Lipinski definition) is 1. The van der Waals surface area contributed by atoms with Crippen LogP contribution in [-0.2, 0) is 0 Å². The molecule has 0 aliphatic heterocycles. The van der Waals surface area contributed by atoms with Gasteiger partial charge in [0.1, 0.15) is 5.75 Å². The number of nitrogens with zero attached hydrogens (tertiary/aromatic N) is 1. The van der Waals surface area contributed by atoms with E-state index in [0.717, 1.165) is 16.6 Å². The van der Waals surface area contributed by atoms with Crippen molar-refractivity contribution in [2.24, 2.45) is 0 Å². The lowest BCUT2D eigenvalue weighted by Gasteiger charge is -2.05. The summed E-state index contributed by atoms with van der Waals surface area (Å²) in [6, 6.07) is 3.69. The van der Waals surface area contributed by atoms with Crippen molar-refractivity contribution in [1.82, 2.24) is 5.16 Å². The Labute approximate surface area is 82.2 Å². The Bertz CT molecular complexity index is 467. The van der Waals surface area contributed by atoms with Gasteiger partial charge in [-0.2, -0.15) is 0 Å². The number of anilines is 1. The molecule has 1 aromatic carbocycles. The normalized spacial score (nSPS) is 10.4. The van der Waals surface area contributed by atoms with E-state index in [1.807, 2.05) is 26.2 Å². The zero-order valence-electron chi connectivity index (χ0n) is 8.07. The summed E-state index contributed by atoms with van der Waals surface area (Å²) >= 11 is 0. The molecule has 0 saturated carbocycles. The summed E-state index contributed by atoms with van der Waals surface area (Å²) in [5, 5.41) is 4.46. The van der Waals surface area contributed by atoms with E-state index in [2.05, 4.69) is 5.16 Å². The smallest absolute Gasteiger partial charge is 0.174 e. The highest BCUT2D eigenvalue weighted by Crippen LogP contribution is 2.23. The van der Waals surface area contributed by atoms with Gasteiger partial charge in [0.05, 0.1) is 12.5 Å². The molecule has 2 N–H and O–H groups in total. The summed E-state index contributed by atoms with van der Waals surface area (Å²) in [7, 11) is 3.56. The molecule has 2 aromatic rings. The standard InChI is InChI=1S/C9H10BN2O2/c1-10-6-4-7-5(3-8(6)13-2)9(11)12-14-7/h3-4H,1-2H3,(H2,11,12). The maximum atomic E-state index is 5.62. The van der Waals surface area contributed by atoms with Gasteiger partial charge in [-0.1, -0.05) is 12.0 Å². The molecule has 1 radical (unpaired) electrons. The van der Waals surface area contributed by atoms with E-state index >= 15 is 0 Å². The molecule has 2 rings (SSSR count). The van der Waals surface area contributed by atoms with Crippen LogP contribution < -0.4 is 15.9 Å². The summed E-state index contributed by atoms with van der Waals surface area (Å²) in [6.45, 7) is 1.93. The van der Waals surface area contributed by atoms with Gasteiger partial charge in [-0.3, -0.25) is 0 Å². The molecule has 0 saturated heterocycles. The molecule has 1 aromatic heterocycles. The van der Waals surface area contributed by atoms with E-state index in [0.29, 0.717) is 11.4 Å². The number of fused-ring (bicyclic) bond motifs is 1. The number of hydrogen-bond acceptors (Lipinski definition) is 4. The molecule has 0 amide bonds. The molecular formula is C9H10BN2O2. The van der Waals surface area contributed by atoms with Gasteiger partial charge in [0.25, 0.3) is 0 Å². The Morgan fingerprint density at radius 3 is 2.93 bits per heavy atom. The fraction of sp³-hybridized carbons (Fsp3) is 0.222. The molecular weight excluding hydrogens is 179 g/mol. The Morgan fingerprint density at radius 1 is 1.50 bits per heavy atom. The molecule has 5 heteroatoms. The van der Waals surface area contributed by atoms with Crippen molar-refractivity contribution in [3.8, 4) is 5.75 Å². The maximum Gasteiger partial charge on any atom is 0.174 e. The third kappa shape index (κ3) is 1.21. The topological polar surface area (TPSA) is 61.3 Å². The molecule has 0 fully saturated rings. The van der Waals surface area contributed by atoms with Crippen LogP contribution >= 0.6 is 0 Å². The quantitative estimate of drug-likeness (QED) is 0.709. The highest BCUT2D eigenvalue weighted by molar-refractivity contribution is 6.53.